The summed E-state index contributed by atoms with van der Waals surface area (Å²) in [7, 11) is 0. The van der Waals surface area contributed by atoms with Gasteiger partial charge < -0.3 is 5.73 Å². The average molecular weight is 469 g/mol. The van der Waals surface area contributed by atoms with Crippen molar-refractivity contribution in [3.8, 4) is 5.82 Å². The Morgan fingerprint density at radius 2 is 2.09 bits per heavy atom. The number of hydrogen-bond acceptors (Lipinski definition) is 9. The Hall–Kier alpha value is -3.70. The van der Waals surface area contributed by atoms with Crippen LogP contribution in [0.2, 0.25) is 5.02 Å². The third-order valence-corrected chi connectivity index (χ3v) is 5.56. The van der Waals surface area contributed by atoms with Crippen LogP contribution in [0.3, 0.4) is 0 Å². The van der Waals surface area contributed by atoms with Gasteiger partial charge in [-0.15, -0.1) is 16.9 Å². The van der Waals surface area contributed by atoms with Gasteiger partial charge in [0, 0.05) is 15.7 Å². The van der Waals surface area contributed by atoms with Crippen molar-refractivity contribution in [3.63, 3.8) is 0 Å². The molecule has 10 nitrogen and oxygen atoms in total. The fourth-order valence-corrected chi connectivity index (χ4v) is 3.80. The van der Waals surface area contributed by atoms with Gasteiger partial charge in [0.25, 0.3) is 5.91 Å². The number of benzene rings is 2. The molecule has 4 aromatic rings. The van der Waals surface area contributed by atoms with Crippen molar-refractivity contribution < 1.29 is 9.42 Å². The number of hydrogen-bond donors (Lipinski definition) is 2. The molecule has 2 heterocycles. The number of thioether (sulfide) groups is 1. The number of carbonyl (C=O) groups is 1. The van der Waals surface area contributed by atoms with Crippen LogP contribution in [0.5, 0.6) is 0 Å². The number of aryl methyl sites for hydroxylation is 1. The second-order valence-electron chi connectivity index (χ2n) is 6.63. The van der Waals surface area contributed by atoms with Crippen molar-refractivity contribution >= 4 is 41.3 Å². The smallest absolute Gasteiger partial charge is 0.293 e. The molecular weight excluding hydrogens is 452 g/mol. The van der Waals surface area contributed by atoms with Gasteiger partial charge in [-0.25, -0.2) is 10.1 Å². The number of nitrogens with one attached hydrogen (secondary N) is 1. The molecule has 0 saturated carbocycles. The third kappa shape index (κ3) is 4.95. The highest BCUT2D eigenvalue weighted by atomic mass is 35.5. The molecule has 0 saturated heterocycles. The SMILES string of the molecule is Cc1ccc(SCc2c(C(=O)NN=Cc3cccc(Cl)c3)nnn2-c2nonc2N)cc1. The zero-order valence-corrected chi connectivity index (χ0v) is 18.3. The number of nitrogen functional groups attached to an aromatic ring is 1. The molecule has 0 spiro atoms. The average Bonchev–Trinajstić information content (AvgIpc) is 3.39. The van der Waals surface area contributed by atoms with Crippen molar-refractivity contribution in [1.29, 1.82) is 0 Å². The van der Waals surface area contributed by atoms with E-state index in [9.17, 15) is 4.79 Å². The molecule has 0 atom stereocenters. The lowest BCUT2D eigenvalue weighted by atomic mass is 10.2. The van der Waals surface area contributed by atoms with Crippen LogP contribution in [0.15, 0.2) is 63.2 Å². The van der Waals surface area contributed by atoms with Gasteiger partial charge in [-0.05, 0) is 47.1 Å². The number of hydrazone groups is 1. The van der Waals surface area contributed by atoms with Crippen molar-refractivity contribution in [2.24, 2.45) is 5.10 Å². The summed E-state index contributed by atoms with van der Waals surface area (Å²) in [6.07, 6.45) is 1.48. The van der Waals surface area contributed by atoms with Crippen LogP contribution in [-0.2, 0) is 5.75 Å². The Morgan fingerprint density at radius 3 is 2.81 bits per heavy atom. The van der Waals surface area contributed by atoms with Crippen LogP contribution < -0.4 is 11.2 Å². The molecule has 0 fully saturated rings. The van der Waals surface area contributed by atoms with E-state index in [0.29, 0.717) is 16.5 Å². The fraction of sp³-hybridized carbons (Fsp3) is 0.100. The van der Waals surface area contributed by atoms with Gasteiger partial charge in [0.1, 0.15) is 0 Å². The minimum Gasteiger partial charge on any atom is -0.378 e. The van der Waals surface area contributed by atoms with Gasteiger partial charge in [0.05, 0.1) is 11.9 Å². The molecule has 2 aromatic heterocycles. The Labute approximate surface area is 191 Å². The number of amides is 1. The molecule has 3 N–H and O–H groups in total. The molecule has 0 aliphatic heterocycles. The van der Waals surface area contributed by atoms with Gasteiger partial charge in [-0.1, -0.05) is 46.6 Å². The van der Waals surface area contributed by atoms with Crippen LogP contribution in [0, 0.1) is 6.92 Å². The standard InChI is InChI=1S/C20H17ClN8O2S/c1-12-5-7-15(8-6-12)32-11-16-17(24-28-29(16)19-18(22)26-31-27-19)20(30)25-23-10-13-3-2-4-14(21)9-13/h2-10H,11H2,1H3,(H2,22,26)(H,25,30). The van der Waals surface area contributed by atoms with Gasteiger partial charge in [0.15, 0.2) is 5.69 Å². The van der Waals surface area contributed by atoms with E-state index in [0.717, 1.165) is 16.0 Å². The maximum atomic E-state index is 12.8. The molecule has 1 amide bonds. The summed E-state index contributed by atoms with van der Waals surface area (Å²) in [4.78, 5) is 13.8. The van der Waals surface area contributed by atoms with Gasteiger partial charge in [-0.2, -0.15) is 9.78 Å². The summed E-state index contributed by atoms with van der Waals surface area (Å²) in [6, 6.07) is 15.1. The first-order chi connectivity index (χ1) is 15.5. The summed E-state index contributed by atoms with van der Waals surface area (Å²) >= 11 is 7.46. The largest absolute Gasteiger partial charge is 0.378 e. The second kappa shape index (κ2) is 9.62. The third-order valence-electron chi connectivity index (χ3n) is 4.30. The molecule has 4 rings (SSSR count). The zero-order valence-electron chi connectivity index (χ0n) is 16.8. The van der Waals surface area contributed by atoms with Gasteiger partial charge in [0.2, 0.25) is 11.6 Å². The molecule has 32 heavy (non-hydrogen) atoms. The van der Waals surface area contributed by atoms with Crippen molar-refractivity contribution in [3.05, 3.63) is 76.1 Å². The van der Waals surface area contributed by atoms with E-state index >= 15 is 0 Å². The lowest BCUT2D eigenvalue weighted by molar-refractivity contribution is 0.0949. The van der Waals surface area contributed by atoms with E-state index < -0.39 is 5.91 Å². The lowest BCUT2D eigenvalue weighted by Gasteiger charge is -2.06. The summed E-state index contributed by atoms with van der Waals surface area (Å²) in [5, 5.41) is 19.9. The summed E-state index contributed by atoms with van der Waals surface area (Å²) < 4.78 is 6.00. The number of halogens is 1. The Morgan fingerprint density at radius 1 is 1.28 bits per heavy atom. The van der Waals surface area contributed by atoms with Crippen molar-refractivity contribution in [1.82, 2.24) is 30.7 Å². The predicted molar refractivity (Wildman–Crippen MR) is 121 cm³/mol. The van der Waals surface area contributed by atoms with Crippen LogP contribution in [0.4, 0.5) is 5.82 Å². The first kappa shape index (κ1) is 21.5. The molecule has 0 aliphatic rings. The van der Waals surface area contributed by atoms with Crippen LogP contribution in [-0.4, -0.2) is 37.4 Å². The van der Waals surface area contributed by atoms with E-state index in [1.165, 1.54) is 22.7 Å². The maximum Gasteiger partial charge on any atom is 0.293 e. The highest BCUT2D eigenvalue weighted by Crippen LogP contribution is 2.26. The van der Waals surface area contributed by atoms with Gasteiger partial charge in [-0.3, -0.25) is 4.79 Å². The molecule has 12 heteroatoms. The maximum absolute atomic E-state index is 12.8. The summed E-state index contributed by atoms with van der Waals surface area (Å²) in [5.41, 5.74) is 10.7. The molecule has 0 unspecified atom stereocenters. The number of aromatic nitrogens is 5. The van der Waals surface area contributed by atoms with Crippen molar-refractivity contribution in [2.75, 3.05) is 5.73 Å². The number of rotatable bonds is 7. The monoisotopic (exact) mass is 468 g/mol. The Kier molecular flexibility index (Phi) is 6.47. The van der Waals surface area contributed by atoms with E-state index in [1.807, 2.05) is 37.3 Å². The van der Waals surface area contributed by atoms with E-state index in [2.05, 4.69) is 35.8 Å². The van der Waals surface area contributed by atoms with Crippen LogP contribution in [0.25, 0.3) is 5.82 Å². The number of anilines is 1. The normalized spacial score (nSPS) is 11.2. The fourth-order valence-electron chi connectivity index (χ4n) is 2.71. The first-order valence-electron chi connectivity index (χ1n) is 9.32. The predicted octanol–water partition coefficient (Wildman–Crippen LogP) is 3.25. The highest BCUT2D eigenvalue weighted by Gasteiger charge is 2.24. The summed E-state index contributed by atoms with van der Waals surface area (Å²) in [5.74, 6) is 0.00769. The Bertz CT molecular complexity index is 1270. The minimum atomic E-state index is -0.538. The van der Waals surface area contributed by atoms with Crippen LogP contribution >= 0.6 is 23.4 Å². The van der Waals surface area contributed by atoms with E-state index in [1.54, 1.807) is 18.2 Å². The lowest BCUT2D eigenvalue weighted by Crippen LogP contribution is -2.20. The molecule has 0 aliphatic carbocycles. The molecule has 162 valence electrons. The Balaban J connectivity index is 1.57. The molecular formula is C20H17ClN8O2S. The summed E-state index contributed by atoms with van der Waals surface area (Å²) in [6.45, 7) is 2.01. The minimum absolute atomic E-state index is 0.0300. The molecule has 0 radical (unpaired) electrons. The van der Waals surface area contributed by atoms with E-state index in [4.69, 9.17) is 17.3 Å². The number of carbonyl (C=O) groups excluding carboxylic acids is 1. The highest BCUT2D eigenvalue weighted by molar-refractivity contribution is 7.98. The quantitative estimate of drug-likeness (QED) is 0.239. The van der Waals surface area contributed by atoms with E-state index in [-0.39, 0.29) is 17.3 Å². The second-order valence-corrected chi connectivity index (χ2v) is 8.11. The van der Waals surface area contributed by atoms with Gasteiger partial charge >= 0.3 is 0 Å². The topological polar surface area (TPSA) is 137 Å². The number of nitrogens with zero attached hydrogens (tertiary/aromatic N) is 6. The zero-order chi connectivity index (χ0) is 22.5. The number of nitrogens with two attached hydrogens (primary N) is 1. The van der Waals surface area contributed by atoms with Crippen LogP contribution in [0.1, 0.15) is 27.3 Å². The first-order valence-corrected chi connectivity index (χ1v) is 10.7. The van der Waals surface area contributed by atoms with Crippen molar-refractivity contribution in [2.45, 2.75) is 17.6 Å². The molecule has 0 bridgehead atoms. The molecule has 2 aromatic carbocycles.